The summed E-state index contributed by atoms with van der Waals surface area (Å²) in [5, 5.41) is 4.88. The van der Waals surface area contributed by atoms with Crippen molar-refractivity contribution in [1.29, 1.82) is 0 Å². The number of rotatable bonds is 2. The Kier molecular flexibility index (Phi) is 4.46. The molecule has 3 atom stereocenters. The summed E-state index contributed by atoms with van der Waals surface area (Å²) in [6.45, 7) is 11.5. The SMILES string of the molecule is CC1NC(C(C)C)SC(C(C)C)S1. The number of nitrogens with one attached hydrogen (secondary N) is 1. The predicted molar refractivity (Wildman–Crippen MR) is 65.0 cm³/mol. The standard InChI is InChI=1S/C10H21NS2/c1-6(2)9-11-8(5)12-10(13-9)7(3)4/h6-11H,1-5H3. The highest BCUT2D eigenvalue weighted by molar-refractivity contribution is 8.18. The van der Waals surface area contributed by atoms with Crippen molar-refractivity contribution >= 4 is 23.5 Å². The molecule has 1 saturated heterocycles. The van der Waals surface area contributed by atoms with Gasteiger partial charge in [0.2, 0.25) is 0 Å². The average Bonchev–Trinajstić information content (AvgIpc) is 2.03. The molecule has 13 heavy (non-hydrogen) atoms. The fourth-order valence-corrected chi connectivity index (χ4v) is 4.70. The first kappa shape index (κ1) is 11.7. The minimum atomic E-state index is 0.612. The molecule has 0 radical (unpaired) electrons. The van der Waals surface area contributed by atoms with Crippen LogP contribution in [0.2, 0.25) is 0 Å². The van der Waals surface area contributed by atoms with E-state index in [1.54, 1.807) is 0 Å². The lowest BCUT2D eigenvalue weighted by Crippen LogP contribution is -2.42. The van der Waals surface area contributed by atoms with Crippen LogP contribution in [0.4, 0.5) is 0 Å². The van der Waals surface area contributed by atoms with E-state index in [4.69, 9.17) is 0 Å². The van der Waals surface area contributed by atoms with E-state index in [-0.39, 0.29) is 0 Å². The van der Waals surface area contributed by atoms with Gasteiger partial charge in [0.05, 0.1) is 15.3 Å². The topological polar surface area (TPSA) is 12.0 Å². The van der Waals surface area contributed by atoms with Gasteiger partial charge >= 0.3 is 0 Å². The minimum absolute atomic E-state index is 0.612. The summed E-state index contributed by atoms with van der Waals surface area (Å²) in [4.78, 5) is 0. The van der Waals surface area contributed by atoms with Gasteiger partial charge in [-0.1, -0.05) is 27.7 Å². The predicted octanol–water partition coefficient (Wildman–Crippen LogP) is 3.37. The maximum Gasteiger partial charge on any atom is 0.0575 e. The zero-order valence-electron chi connectivity index (χ0n) is 9.20. The molecule has 0 aromatic rings. The largest absolute Gasteiger partial charge is 0.294 e. The second-order valence-electron chi connectivity index (χ2n) is 4.36. The van der Waals surface area contributed by atoms with E-state index in [0.29, 0.717) is 10.7 Å². The molecule has 78 valence electrons. The molecule has 0 bridgehead atoms. The number of thioether (sulfide) groups is 2. The first-order valence-corrected chi connectivity index (χ1v) is 6.96. The van der Waals surface area contributed by atoms with Crippen molar-refractivity contribution < 1.29 is 0 Å². The molecule has 1 aliphatic heterocycles. The maximum atomic E-state index is 3.63. The highest BCUT2D eigenvalue weighted by Gasteiger charge is 2.30. The monoisotopic (exact) mass is 219 g/mol. The maximum absolute atomic E-state index is 3.63. The van der Waals surface area contributed by atoms with Gasteiger partial charge in [-0.25, -0.2) is 0 Å². The average molecular weight is 219 g/mol. The second kappa shape index (κ2) is 4.94. The van der Waals surface area contributed by atoms with Gasteiger partial charge in [0.15, 0.2) is 0 Å². The van der Waals surface area contributed by atoms with Gasteiger partial charge < -0.3 is 0 Å². The van der Waals surface area contributed by atoms with Crippen molar-refractivity contribution in [2.24, 2.45) is 11.8 Å². The van der Waals surface area contributed by atoms with Crippen molar-refractivity contribution in [2.45, 2.75) is 49.9 Å². The van der Waals surface area contributed by atoms with E-state index >= 15 is 0 Å². The Bertz CT molecular complexity index is 143. The third kappa shape index (κ3) is 3.37. The van der Waals surface area contributed by atoms with Crippen LogP contribution in [-0.2, 0) is 0 Å². The first-order chi connectivity index (χ1) is 6.00. The van der Waals surface area contributed by atoms with Crippen molar-refractivity contribution in [3.8, 4) is 0 Å². The molecule has 1 nitrogen and oxygen atoms in total. The van der Waals surface area contributed by atoms with E-state index < -0.39 is 0 Å². The highest BCUT2D eigenvalue weighted by atomic mass is 32.2. The summed E-state index contributed by atoms with van der Waals surface area (Å²) in [6, 6.07) is 0. The lowest BCUT2D eigenvalue weighted by Gasteiger charge is -2.37. The quantitative estimate of drug-likeness (QED) is 0.765. The van der Waals surface area contributed by atoms with Crippen LogP contribution < -0.4 is 5.32 Å². The fraction of sp³-hybridized carbons (Fsp3) is 1.00. The molecule has 0 aliphatic carbocycles. The Balaban J connectivity index is 2.52. The summed E-state index contributed by atoms with van der Waals surface area (Å²) >= 11 is 4.17. The van der Waals surface area contributed by atoms with Crippen molar-refractivity contribution in [1.82, 2.24) is 5.32 Å². The van der Waals surface area contributed by atoms with Crippen LogP contribution in [0.3, 0.4) is 0 Å². The zero-order chi connectivity index (χ0) is 10.0. The molecule has 0 amide bonds. The molecule has 1 heterocycles. The Labute approximate surface area is 90.8 Å². The Morgan fingerprint density at radius 3 is 2.08 bits per heavy atom. The van der Waals surface area contributed by atoms with Crippen LogP contribution in [0.15, 0.2) is 0 Å². The van der Waals surface area contributed by atoms with Crippen LogP contribution in [0.5, 0.6) is 0 Å². The van der Waals surface area contributed by atoms with Gasteiger partial charge in [0.1, 0.15) is 0 Å². The molecule has 1 aliphatic rings. The molecule has 1 rings (SSSR count). The molecular weight excluding hydrogens is 198 g/mol. The minimum Gasteiger partial charge on any atom is -0.294 e. The molecule has 3 heteroatoms. The van der Waals surface area contributed by atoms with E-state index in [9.17, 15) is 0 Å². The summed E-state index contributed by atoms with van der Waals surface area (Å²) in [6.07, 6.45) is 0. The third-order valence-electron chi connectivity index (χ3n) is 2.17. The van der Waals surface area contributed by atoms with Gasteiger partial charge in [-0.15, -0.1) is 23.5 Å². The molecule has 0 aromatic heterocycles. The molecular formula is C10H21NS2. The van der Waals surface area contributed by atoms with E-state index in [1.807, 2.05) is 0 Å². The van der Waals surface area contributed by atoms with Crippen LogP contribution in [-0.4, -0.2) is 15.3 Å². The summed E-state index contributed by atoms with van der Waals surface area (Å²) in [5.74, 6) is 1.51. The molecule has 0 spiro atoms. The molecule has 0 aromatic carbocycles. The fourth-order valence-electron chi connectivity index (χ4n) is 1.35. The second-order valence-corrected chi connectivity index (χ2v) is 7.43. The number of hydrogen-bond acceptors (Lipinski definition) is 3. The van der Waals surface area contributed by atoms with Gasteiger partial charge in [-0.05, 0) is 18.8 Å². The lowest BCUT2D eigenvalue weighted by molar-refractivity contribution is 0.502. The highest BCUT2D eigenvalue weighted by Crippen LogP contribution is 2.40. The molecule has 1 fully saturated rings. The van der Waals surface area contributed by atoms with Gasteiger partial charge in [0, 0.05) is 0 Å². The van der Waals surface area contributed by atoms with Crippen molar-refractivity contribution in [3.63, 3.8) is 0 Å². The van der Waals surface area contributed by atoms with Crippen LogP contribution in [0.25, 0.3) is 0 Å². The Morgan fingerprint density at radius 1 is 1.00 bits per heavy atom. The summed E-state index contributed by atoms with van der Waals surface area (Å²) in [5.41, 5.74) is 0. The van der Waals surface area contributed by atoms with E-state index in [0.717, 1.165) is 16.4 Å². The Hall–Kier alpha value is 0.660. The van der Waals surface area contributed by atoms with Gasteiger partial charge in [0.25, 0.3) is 0 Å². The van der Waals surface area contributed by atoms with Crippen LogP contribution >= 0.6 is 23.5 Å². The molecule has 3 unspecified atom stereocenters. The summed E-state index contributed by atoms with van der Waals surface area (Å²) < 4.78 is 0.767. The molecule has 1 N–H and O–H groups in total. The first-order valence-electron chi connectivity index (χ1n) is 5.07. The smallest absolute Gasteiger partial charge is 0.0575 e. The zero-order valence-corrected chi connectivity index (χ0v) is 10.8. The van der Waals surface area contributed by atoms with E-state index in [1.165, 1.54) is 0 Å². The van der Waals surface area contributed by atoms with Gasteiger partial charge in [-0.3, -0.25) is 5.32 Å². The molecule has 0 saturated carbocycles. The van der Waals surface area contributed by atoms with Gasteiger partial charge in [-0.2, -0.15) is 0 Å². The van der Waals surface area contributed by atoms with E-state index in [2.05, 4.69) is 63.5 Å². The number of hydrogen-bond donors (Lipinski definition) is 1. The normalized spacial score (nSPS) is 35.8. The third-order valence-corrected chi connectivity index (χ3v) is 5.98. The van der Waals surface area contributed by atoms with Crippen LogP contribution in [0.1, 0.15) is 34.6 Å². The lowest BCUT2D eigenvalue weighted by atomic mass is 10.2. The summed E-state index contributed by atoms with van der Waals surface area (Å²) in [7, 11) is 0. The van der Waals surface area contributed by atoms with Crippen LogP contribution in [0, 0.1) is 11.8 Å². The van der Waals surface area contributed by atoms with Crippen molar-refractivity contribution in [3.05, 3.63) is 0 Å². The van der Waals surface area contributed by atoms with Crippen molar-refractivity contribution in [2.75, 3.05) is 0 Å². The Morgan fingerprint density at radius 2 is 1.62 bits per heavy atom.